The second-order valence-corrected chi connectivity index (χ2v) is 9.04. The molecule has 33 heavy (non-hydrogen) atoms. The highest BCUT2D eigenvalue weighted by molar-refractivity contribution is 5.89. The molecule has 1 aliphatic rings. The number of aromatic amines is 1. The van der Waals surface area contributed by atoms with Crippen molar-refractivity contribution in [2.45, 2.75) is 32.6 Å². The van der Waals surface area contributed by atoms with Gasteiger partial charge in [-0.05, 0) is 55.3 Å². The molecule has 2 amide bonds. The van der Waals surface area contributed by atoms with Crippen molar-refractivity contribution in [1.29, 1.82) is 0 Å². The van der Waals surface area contributed by atoms with E-state index in [0.29, 0.717) is 13.0 Å². The molecule has 1 saturated heterocycles. The first-order valence-electron chi connectivity index (χ1n) is 12.1. The molecule has 2 aromatic carbocycles. The van der Waals surface area contributed by atoms with Crippen LogP contribution in [-0.4, -0.2) is 72.1 Å². The number of likely N-dealkylation sites (N-methyl/N-ethyl adjacent to an activating group) is 1. The van der Waals surface area contributed by atoms with Gasteiger partial charge in [0.05, 0.1) is 11.0 Å². The molecule has 0 unspecified atom stereocenters. The van der Waals surface area contributed by atoms with Gasteiger partial charge < -0.3 is 20.5 Å². The topological polar surface area (TPSA) is 76.3 Å². The normalized spacial score (nSPS) is 15.1. The monoisotopic (exact) mass is 448 g/mol. The number of nitrogens with zero attached hydrogens (tertiary/aromatic N) is 3. The van der Waals surface area contributed by atoms with Crippen LogP contribution in [0.4, 0.5) is 10.5 Å². The Morgan fingerprint density at radius 1 is 1.09 bits per heavy atom. The number of imidazole rings is 1. The first-order valence-corrected chi connectivity index (χ1v) is 12.1. The summed E-state index contributed by atoms with van der Waals surface area (Å²) in [5.41, 5.74) is 5.26. The van der Waals surface area contributed by atoms with Crippen molar-refractivity contribution in [1.82, 2.24) is 25.1 Å². The van der Waals surface area contributed by atoms with Crippen LogP contribution < -0.4 is 10.6 Å². The number of aryl methyl sites for hydroxylation is 1. The number of fused-ring (bicyclic) bond motifs is 1. The van der Waals surface area contributed by atoms with Crippen LogP contribution >= 0.6 is 0 Å². The lowest BCUT2D eigenvalue weighted by Gasteiger charge is -2.32. The molecule has 176 valence electrons. The van der Waals surface area contributed by atoms with Crippen molar-refractivity contribution in [2.75, 3.05) is 51.6 Å². The highest BCUT2D eigenvalue weighted by Gasteiger charge is 2.13. The smallest absolute Gasteiger partial charge is 0.319 e. The molecule has 1 aromatic heterocycles. The third kappa shape index (κ3) is 6.79. The Morgan fingerprint density at radius 2 is 1.88 bits per heavy atom. The summed E-state index contributed by atoms with van der Waals surface area (Å²) < 4.78 is 0. The van der Waals surface area contributed by atoms with Crippen molar-refractivity contribution >= 4 is 22.8 Å². The van der Waals surface area contributed by atoms with Gasteiger partial charge in [0.1, 0.15) is 5.82 Å². The van der Waals surface area contributed by atoms with Crippen molar-refractivity contribution in [3.8, 4) is 0 Å². The zero-order chi connectivity index (χ0) is 23.0. The fraction of sp³-hybridized carbons (Fsp3) is 0.462. The fourth-order valence-corrected chi connectivity index (χ4v) is 4.32. The number of nitrogens with one attached hydrogen (secondary N) is 3. The Hall–Kier alpha value is -2.90. The van der Waals surface area contributed by atoms with E-state index in [0.717, 1.165) is 80.1 Å². The minimum Gasteiger partial charge on any atom is -0.342 e. The van der Waals surface area contributed by atoms with Gasteiger partial charge in [-0.25, -0.2) is 9.78 Å². The summed E-state index contributed by atoms with van der Waals surface area (Å²) >= 11 is 0. The van der Waals surface area contributed by atoms with Crippen LogP contribution in [0.1, 0.15) is 36.7 Å². The zero-order valence-electron chi connectivity index (χ0n) is 19.9. The lowest BCUT2D eigenvalue weighted by atomic mass is 10.0. The number of para-hydroxylation sites is 2. The van der Waals surface area contributed by atoms with Gasteiger partial charge in [0.2, 0.25) is 0 Å². The standard InChI is InChI=1S/C26H36N6O/c1-3-4-7-20-16-21(19-25-29-23-8-5-6-9-24(23)30-25)18-22(17-20)28-26(33)27-10-11-32-14-12-31(2)13-15-32/h5-6,8-9,16-18H,3-4,7,10-15,19H2,1-2H3,(H,29,30)(H2,27,28,33). The molecular formula is C26H36N6O. The Morgan fingerprint density at radius 3 is 2.67 bits per heavy atom. The number of carbonyl (C=O) groups is 1. The van der Waals surface area contributed by atoms with Gasteiger partial charge in [-0.3, -0.25) is 4.90 Å². The number of hydrogen-bond acceptors (Lipinski definition) is 4. The average molecular weight is 449 g/mol. The molecule has 1 fully saturated rings. The predicted octanol–water partition coefficient (Wildman–Crippen LogP) is 3.87. The van der Waals surface area contributed by atoms with E-state index in [1.807, 2.05) is 24.3 Å². The van der Waals surface area contributed by atoms with Gasteiger partial charge in [0.25, 0.3) is 0 Å². The summed E-state index contributed by atoms with van der Waals surface area (Å²) in [6, 6.07) is 14.3. The number of H-pyrrole nitrogens is 1. The number of anilines is 1. The summed E-state index contributed by atoms with van der Waals surface area (Å²) in [4.78, 5) is 25.4. The minimum absolute atomic E-state index is 0.147. The fourth-order valence-electron chi connectivity index (χ4n) is 4.32. The van der Waals surface area contributed by atoms with Crippen LogP contribution in [0.3, 0.4) is 0 Å². The molecule has 0 saturated carbocycles. The summed E-state index contributed by atoms with van der Waals surface area (Å²) in [6.07, 6.45) is 3.98. The van der Waals surface area contributed by atoms with Crippen molar-refractivity contribution < 1.29 is 4.79 Å². The second-order valence-electron chi connectivity index (χ2n) is 9.04. The molecule has 0 aliphatic carbocycles. The average Bonchev–Trinajstić information content (AvgIpc) is 3.21. The van der Waals surface area contributed by atoms with E-state index in [-0.39, 0.29) is 6.03 Å². The molecule has 2 heterocycles. The number of aromatic nitrogens is 2. The number of rotatable bonds is 9. The Labute approximate surface area is 196 Å². The zero-order valence-corrected chi connectivity index (χ0v) is 19.9. The van der Waals surface area contributed by atoms with E-state index in [9.17, 15) is 4.79 Å². The quantitative estimate of drug-likeness (QED) is 0.465. The molecule has 3 aromatic rings. The van der Waals surface area contributed by atoms with Gasteiger partial charge in [0.15, 0.2) is 0 Å². The molecule has 0 atom stereocenters. The maximum atomic E-state index is 12.6. The van der Waals surface area contributed by atoms with Gasteiger partial charge >= 0.3 is 6.03 Å². The van der Waals surface area contributed by atoms with Crippen molar-refractivity contribution in [3.63, 3.8) is 0 Å². The highest BCUT2D eigenvalue weighted by Crippen LogP contribution is 2.20. The number of piperazine rings is 1. The summed E-state index contributed by atoms with van der Waals surface area (Å²) in [5.74, 6) is 0.936. The molecule has 4 rings (SSSR count). The first kappa shape index (κ1) is 23.3. The maximum Gasteiger partial charge on any atom is 0.319 e. The lowest BCUT2D eigenvalue weighted by Crippen LogP contribution is -2.47. The number of amides is 2. The third-order valence-corrected chi connectivity index (χ3v) is 6.25. The van der Waals surface area contributed by atoms with E-state index in [1.165, 1.54) is 5.56 Å². The highest BCUT2D eigenvalue weighted by atomic mass is 16.2. The van der Waals surface area contributed by atoms with Crippen LogP contribution in [-0.2, 0) is 12.8 Å². The lowest BCUT2D eigenvalue weighted by molar-refractivity contribution is 0.155. The molecule has 0 radical (unpaired) electrons. The third-order valence-electron chi connectivity index (χ3n) is 6.25. The summed E-state index contributed by atoms with van der Waals surface area (Å²) in [7, 11) is 2.15. The van der Waals surface area contributed by atoms with E-state index < -0.39 is 0 Å². The van der Waals surface area contributed by atoms with Crippen LogP contribution in [0.15, 0.2) is 42.5 Å². The van der Waals surface area contributed by atoms with Crippen LogP contribution in [0.25, 0.3) is 11.0 Å². The van der Waals surface area contributed by atoms with Crippen molar-refractivity contribution in [3.05, 3.63) is 59.4 Å². The number of benzene rings is 2. The van der Waals surface area contributed by atoms with Crippen LogP contribution in [0.5, 0.6) is 0 Å². The number of unbranched alkanes of at least 4 members (excludes halogenated alkanes) is 1. The molecule has 1 aliphatic heterocycles. The Balaban J connectivity index is 1.38. The largest absolute Gasteiger partial charge is 0.342 e. The van der Waals surface area contributed by atoms with Crippen LogP contribution in [0, 0.1) is 0 Å². The summed E-state index contributed by atoms with van der Waals surface area (Å²) in [6.45, 7) is 8.03. The molecule has 7 nitrogen and oxygen atoms in total. The molecule has 3 N–H and O–H groups in total. The molecule has 7 heteroatoms. The second kappa shape index (κ2) is 11.3. The molecular weight excluding hydrogens is 412 g/mol. The van der Waals surface area contributed by atoms with Crippen LogP contribution in [0.2, 0.25) is 0 Å². The van der Waals surface area contributed by atoms with E-state index in [2.05, 4.69) is 57.6 Å². The number of urea groups is 1. The number of carbonyl (C=O) groups excluding carboxylic acids is 1. The summed E-state index contributed by atoms with van der Waals surface area (Å²) in [5, 5.41) is 6.06. The Kier molecular flexibility index (Phi) is 7.96. The number of hydrogen-bond donors (Lipinski definition) is 3. The van der Waals surface area contributed by atoms with Gasteiger partial charge in [-0.1, -0.05) is 31.5 Å². The Bertz CT molecular complexity index is 1020. The minimum atomic E-state index is -0.147. The van der Waals surface area contributed by atoms with Crippen molar-refractivity contribution in [2.24, 2.45) is 0 Å². The molecule has 0 bridgehead atoms. The van der Waals surface area contributed by atoms with Gasteiger partial charge in [-0.2, -0.15) is 0 Å². The van der Waals surface area contributed by atoms with E-state index in [4.69, 9.17) is 4.98 Å². The predicted molar refractivity (Wildman–Crippen MR) is 135 cm³/mol. The molecule has 0 spiro atoms. The first-order chi connectivity index (χ1) is 16.1. The van der Waals surface area contributed by atoms with Gasteiger partial charge in [0, 0.05) is 51.4 Å². The SMILES string of the molecule is CCCCc1cc(Cc2nc3ccccc3[nH]2)cc(NC(=O)NCCN2CCN(C)CC2)c1. The van der Waals surface area contributed by atoms with E-state index >= 15 is 0 Å². The maximum absolute atomic E-state index is 12.6. The van der Waals surface area contributed by atoms with E-state index in [1.54, 1.807) is 0 Å². The van der Waals surface area contributed by atoms with Gasteiger partial charge in [-0.15, -0.1) is 0 Å².